The van der Waals surface area contributed by atoms with Crippen molar-refractivity contribution in [2.75, 3.05) is 0 Å². The van der Waals surface area contributed by atoms with Gasteiger partial charge in [0, 0.05) is 5.56 Å². The number of H-pyrrole nitrogens is 1. The number of nitrogens with one attached hydrogen (secondary N) is 1. The molecule has 4 rings (SSSR count). The highest BCUT2D eigenvalue weighted by Gasteiger charge is 2.19. The van der Waals surface area contributed by atoms with Gasteiger partial charge in [0.25, 0.3) is 0 Å². The van der Waals surface area contributed by atoms with Crippen LogP contribution in [0.5, 0.6) is 0 Å². The number of hydrogen-bond donors (Lipinski definition) is 1. The van der Waals surface area contributed by atoms with Crippen LogP contribution in [0, 0.1) is 18.6 Å². The number of fused-ring (bicyclic) bond motifs is 1. The maximum atomic E-state index is 14.8. The van der Waals surface area contributed by atoms with Crippen molar-refractivity contribution in [1.82, 2.24) is 25.4 Å². The summed E-state index contributed by atoms with van der Waals surface area (Å²) in [4.78, 5) is 9.97. The van der Waals surface area contributed by atoms with Gasteiger partial charge >= 0.3 is 0 Å². The van der Waals surface area contributed by atoms with Gasteiger partial charge in [0.2, 0.25) is 0 Å². The summed E-state index contributed by atoms with van der Waals surface area (Å²) in [5.74, 6) is -1.33. The molecule has 1 aromatic carbocycles. The predicted molar refractivity (Wildman–Crippen MR) is 107 cm³/mol. The van der Waals surface area contributed by atoms with Crippen LogP contribution in [0.1, 0.15) is 31.5 Å². The average molecular weight is 415 g/mol. The number of rotatable bonds is 4. The lowest BCUT2D eigenvalue weighted by atomic mass is 10.1. The highest BCUT2D eigenvalue weighted by Crippen LogP contribution is 2.33. The fraction of sp³-hybridized carbons (Fsp3) is 0.300. The van der Waals surface area contributed by atoms with Crippen LogP contribution in [0.2, 0.25) is 0 Å². The fourth-order valence-corrected chi connectivity index (χ4v) is 3.81. The SMILES string of the molecule is Cc1nc(COC(C)(C)C)sc1-c1cccc(-c2cc(F)c3n[nH]nc3c2F)n1. The molecule has 3 aromatic heterocycles. The second kappa shape index (κ2) is 7.23. The predicted octanol–water partition coefficient (Wildman–Crippen LogP) is 5.05. The molecule has 0 aliphatic rings. The number of halogens is 2. The summed E-state index contributed by atoms with van der Waals surface area (Å²) >= 11 is 1.47. The largest absolute Gasteiger partial charge is 0.369 e. The standard InChI is InChI=1S/C20H19F2N5OS/c1-10-19(29-15(23-10)9-28-20(2,3)4)14-7-5-6-13(24-14)11-8-12(21)17-18(16(11)22)26-27-25-17/h5-8H,9H2,1-4H3,(H,25,26,27). The summed E-state index contributed by atoms with van der Waals surface area (Å²) in [6.45, 7) is 8.25. The maximum absolute atomic E-state index is 14.8. The molecule has 0 fully saturated rings. The monoisotopic (exact) mass is 415 g/mol. The lowest BCUT2D eigenvalue weighted by Crippen LogP contribution is -2.18. The van der Waals surface area contributed by atoms with E-state index in [0.29, 0.717) is 18.0 Å². The van der Waals surface area contributed by atoms with Gasteiger partial charge in [-0.05, 0) is 45.9 Å². The third-order valence-corrected chi connectivity index (χ3v) is 5.37. The van der Waals surface area contributed by atoms with E-state index < -0.39 is 11.6 Å². The smallest absolute Gasteiger partial charge is 0.162 e. The van der Waals surface area contributed by atoms with Crippen LogP contribution >= 0.6 is 11.3 Å². The van der Waals surface area contributed by atoms with E-state index in [2.05, 4.69) is 25.4 Å². The van der Waals surface area contributed by atoms with E-state index in [1.54, 1.807) is 12.1 Å². The Morgan fingerprint density at radius 3 is 2.55 bits per heavy atom. The van der Waals surface area contributed by atoms with Crippen LogP contribution < -0.4 is 0 Å². The second-order valence-electron chi connectivity index (χ2n) is 7.57. The number of hydrogen-bond acceptors (Lipinski definition) is 6. The topological polar surface area (TPSA) is 76.6 Å². The van der Waals surface area contributed by atoms with Gasteiger partial charge in [0.05, 0.1) is 34.2 Å². The normalized spacial score (nSPS) is 12.1. The quantitative estimate of drug-likeness (QED) is 0.505. The number of thiazole rings is 1. The summed E-state index contributed by atoms with van der Waals surface area (Å²) < 4.78 is 34.9. The van der Waals surface area contributed by atoms with Gasteiger partial charge in [-0.1, -0.05) is 6.07 Å². The lowest BCUT2D eigenvalue weighted by molar-refractivity contribution is -0.0150. The first-order valence-electron chi connectivity index (χ1n) is 8.99. The molecule has 0 aliphatic heterocycles. The molecule has 0 spiro atoms. The minimum absolute atomic E-state index is 0.0317. The van der Waals surface area contributed by atoms with Gasteiger partial charge in [0.15, 0.2) is 22.7 Å². The Kier molecular flexibility index (Phi) is 4.87. The third-order valence-electron chi connectivity index (χ3n) is 4.22. The van der Waals surface area contributed by atoms with Crippen LogP contribution in [0.15, 0.2) is 24.3 Å². The molecule has 0 radical (unpaired) electrons. The Morgan fingerprint density at radius 2 is 1.79 bits per heavy atom. The summed E-state index contributed by atoms with van der Waals surface area (Å²) in [7, 11) is 0. The van der Waals surface area contributed by atoms with Crippen LogP contribution in [0.3, 0.4) is 0 Å². The van der Waals surface area contributed by atoms with Crippen molar-refractivity contribution in [2.24, 2.45) is 0 Å². The van der Waals surface area contributed by atoms with Gasteiger partial charge in [-0.2, -0.15) is 15.4 Å². The molecule has 1 N–H and O–H groups in total. The minimum atomic E-state index is -0.667. The third kappa shape index (κ3) is 3.88. The molecule has 29 heavy (non-hydrogen) atoms. The van der Waals surface area contributed by atoms with Crippen LogP contribution in [0.25, 0.3) is 32.9 Å². The van der Waals surface area contributed by atoms with E-state index in [-0.39, 0.29) is 22.2 Å². The van der Waals surface area contributed by atoms with E-state index in [1.807, 2.05) is 33.8 Å². The molecule has 0 saturated heterocycles. The molecule has 0 unspecified atom stereocenters. The van der Waals surface area contributed by atoms with Gasteiger partial charge in [0.1, 0.15) is 5.01 Å². The van der Waals surface area contributed by atoms with Crippen LogP contribution in [0.4, 0.5) is 8.78 Å². The van der Waals surface area contributed by atoms with E-state index in [9.17, 15) is 8.78 Å². The van der Waals surface area contributed by atoms with Crippen molar-refractivity contribution in [2.45, 2.75) is 39.9 Å². The van der Waals surface area contributed by atoms with E-state index >= 15 is 0 Å². The molecule has 0 bridgehead atoms. The molecule has 0 saturated carbocycles. The molecular weight excluding hydrogens is 396 g/mol. The highest BCUT2D eigenvalue weighted by molar-refractivity contribution is 7.15. The number of nitrogens with zero attached hydrogens (tertiary/aromatic N) is 4. The van der Waals surface area contributed by atoms with Gasteiger partial charge in [-0.15, -0.1) is 11.3 Å². The zero-order chi connectivity index (χ0) is 20.8. The van der Waals surface area contributed by atoms with Crippen molar-refractivity contribution >= 4 is 22.4 Å². The maximum Gasteiger partial charge on any atom is 0.162 e. The summed E-state index contributed by atoms with van der Waals surface area (Å²) in [5, 5.41) is 10.4. The molecule has 9 heteroatoms. The van der Waals surface area contributed by atoms with E-state index in [0.717, 1.165) is 21.6 Å². The molecule has 4 aromatic rings. The number of pyridine rings is 1. The molecule has 150 valence electrons. The first-order chi connectivity index (χ1) is 13.7. The zero-order valence-corrected chi connectivity index (χ0v) is 17.2. The molecule has 3 heterocycles. The summed E-state index contributed by atoms with van der Waals surface area (Å²) in [6, 6.07) is 6.30. The molecule has 0 aliphatic carbocycles. The zero-order valence-electron chi connectivity index (χ0n) is 16.4. The van der Waals surface area contributed by atoms with Gasteiger partial charge in [-0.3, -0.25) is 0 Å². The van der Waals surface area contributed by atoms with Crippen LogP contribution in [-0.2, 0) is 11.3 Å². The highest BCUT2D eigenvalue weighted by atomic mass is 32.1. The van der Waals surface area contributed by atoms with Gasteiger partial charge in [-0.25, -0.2) is 18.7 Å². The molecule has 0 amide bonds. The Bertz CT molecular complexity index is 1200. The van der Waals surface area contributed by atoms with E-state index in [4.69, 9.17) is 4.74 Å². The molecular formula is C20H19F2N5OS. The van der Waals surface area contributed by atoms with E-state index in [1.165, 1.54) is 11.3 Å². The average Bonchev–Trinajstić information content (AvgIpc) is 3.30. The fourth-order valence-electron chi connectivity index (χ4n) is 2.86. The van der Waals surface area contributed by atoms with Crippen molar-refractivity contribution in [3.05, 3.63) is 46.6 Å². The molecule has 6 nitrogen and oxygen atoms in total. The van der Waals surface area contributed by atoms with Crippen molar-refractivity contribution in [3.8, 4) is 21.8 Å². The number of aromatic nitrogens is 5. The number of aryl methyl sites for hydroxylation is 1. The Morgan fingerprint density at radius 1 is 1.07 bits per heavy atom. The van der Waals surface area contributed by atoms with Crippen molar-refractivity contribution in [1.29, 1.82) is 0 Å². The van der Waals surface area contributed by atoms with Gasteiger partial charge < -0.3 is 4.74 Å². The van der Waals surface area contributed by atoms with Crippen LogP contribution in [-0.4, -0.2) is 31.0 Å². The molecule has 0 atom stereocenters. The number of benzene rings is 1. The Labute approximate surface area is 170 Å². The summed E-state index contributed by atoms with van der Waals surface area (Å²) in [6.07, 6.45) is 0. The van der Waals surface area contributed by atoms with Crippen molar-refractivity contribution in [3.63, 3.8) is 0 Å². The number of ether oxygens (including phenoxy) is 1. The second-order valence-corrected chi connectivity index (χ2v) is 8.66. The first-order valence-corrected chi connectivity index (χ1v) is 9.81. The number of aromatic amines is 1. The van der Waals surface area contributed by atoms with Crippen molar-refractivity contribution < 1.29 is 13.5 Å². The lowest BCUT2D eigenvalue weighted by Gasteiger charge is -2.18. The first kappa shape index (κ1) is 19.5. The Hall–Kier alpha value is -2.78. The summed E-state index contributed by atoms with van der Waals surface area (Å²) in [5.41, 5.74) is 1.24. The minimum Gasteiger partial charge on any atom is -0.369 e. The Balaban J connectivity index is 1.72.